The van der Waals surface area contributed by atoms with E-state index >= 15 is 0 Å². The van der Waals surface area contributed by atoms with Gasteiger partial charge in [0.1, 0.15) is 12.4 Å². The molecule has 1 N–H and O–H groups in total. The molecule has 0 radical (unpaired) electrons. The maximum absolute atomic E-state index is 13.4. The van der Waals surface area contributed by atoms with Gasteiger partial charge in [-0.15, -0.1) is 0 Å². The zero-order valence-corrected chi connectivity index (χ0v) is 12.8. The molecule has 0 saturated carbocycles. The summed E-state index contributed by atoms with van der Waals surface area (Å²) in [6, 6.07) is 3.72. The summed E-state index contributed by atoms with van der Waals surface area (Å²) < 4.78 is 13.4. The van der Waals surface area contributed by atoms with Crippen LogP contribution < -0.4 is 10.2 Å². The lowest BCUT2D eigenvalue weighted by Crippen LogP contribution is -2.55. The molecule has 1 aromatic carbocycles. The molecule has 122 valence electrons. The van der Waals surface area contributed by atoms with Crippen LogP contribution in [0.4, 0.5) is 14.9 Å². The fraction of sp³-hybridized carbons (Fsp3) is 0.438. The van der Waals surface area contributed by atoms with Gasteiger partial charge in [0.2, 0.25) is 11.8 Å². The molecule has 2 heterocycles. The molecule has 1 saturated heterocycles. The number of nitrogens with one attached hydrogen (secondary N) is 1. The first kappa shape index (κ1) is 15.5. The standard InChI is InChI=1S/C16H18FN3O3/c1-10-2-3-11-8-12(17)4-5-13(11)20(10)15(22)9-19-14(21)6-7-18-16(19)23/h4-5,8,10H,2-3,6-7,9H2,1H3,(H,18,23). The van der Waals surface area contributed by atoms with E-state index in [4.69, 9.17) is 0 Å². The molecule has 2 aliphatic rings. The summed E-state index contributed by atoms with van der Waals surface area (Å²) in [5, 5.41) is 2.55. The Labute approximate surface area is 133 Å². The first-order valence-corrected chi connectivity index (χ1v) is 7.66. The number of urea groups is 1. The van der Waals surface area contributed by atoms with E-state index in [1.807, 2.05) is 6.92 Å². The number of anilines is 1. The number of hydrogen-bond donors (Lipinski definition) is 1. The van der Waals surface area contributed by atoms with Gasteiger partial charge in [-0.25, -0.2) is 9.18 Å². The molecule has 0 aromatic heterocycles. The monoisotopic (exact) mass is 319 g/mol. The topological polar surface area (TPSA) is 69.7 Å². The van der Waals surface area contributed by atoms with Gasteiger partial charge in [0.05, 0.1) is 0 Å². The van der Waals surface area contributed by atoms with E-state index in [0.29, 0.717) is 25.1 Å². The highest BCUT2D eigenvalue weighted by Crippen LogP contribution is 2.31. The molecule has 1 fully saturated rings. The molecule has 7 heteroatoms. The molecule has 4 amide bonds. The Kier molecular flexibility index (Phi) is 4.02. The minimum absolute atomic E-state index is 0.0663. The van der Waals surface area contributed by atoms with Crippen molar-refractivity contribution in [3.05, 3.63) is 29.6 Å². The van der Waals surface area contributed by atoms with Crippen LogP contribution in [-0.2, 0) is 16.0 Å². The van der Waals surface area contributed by atoms with Gasteiger partial charge in [0, 0.05) is 24.7 Å². The fourth-order valence-corrected chi connectivity index (χ4v) is 3.09. The Bertz CT molecular complexity index is 661. The minimum atomic E-state index is -0.543. The van der Waals surface area contributed by atoms with Crippen LogP contribution in [0.3, 0.4) is 0 Å². The summed E-state index contributed by atoms with van der Waals surface area (Å²) in [6.45, 7) is 1.90. The third kappa shape index (κ3) is 2.91. The van der Waals surface area contributed by atoms with Gasteiger partial charge in [-0.3, -0.25) is 14.5 Å². The summed E-state index contributed by atoms with van der Waals surface area (Å²) in [7, 11) is 0. The number of carbonyl (C=O) groups is 3. The number of imide groups is 1. The average Bonchev–Trinajstić information content (AvgIpc) is 2.51. The number of benzene rings is 1. The number of carbonyl (C=O) groups excluding carboxylic acids is 3. The highest BCUT2D eigenvalue weighted by atomic mass is 19.1. The maximum Gasteiger partial charge on any atom is 0.324 e. The quantitative estimate of drug-likeness (QED) is 0.896. The lowest BCUT2D eigenvalue weighted by Gasteiger charge is -2.36. The smallest absolute Gasteiger partial charge is 0.324 e. The van der Waals surface area contributed by atoms with E-state index in [1.165, 1.54) is 12.1 Å². The van der Waals surface area contributed by atoms with Gasteiger partial charge >= 0.3 is 6.03 Å². The normalized spacial score (nSPS) is 21.0. The molecule has 1 atom stereocenters. The van der Waals surface area contributed by atoms with Crippen molar-refractivity contribution in [3.8, 4) is 0 Å². The van der Waals surface area contributed by atoms with Gasteiger partial charge in [-0.1, -0.05) is 0 Å². The third-order valence-electron chi connectivity index (χ3n) is 4.30. The summed E-state index contributed by atoms with van der Waals surface area (Å²) in [6.07, 6.45) is 1.60. The second-order valence-corrected chi connectivity index (χ2v) is 5.89. The lowest BCUT2D eigenvalue weighted by molar-refractivity contribution is -0.133. The van der Waals surface area contributed by atoms with Crippen LogP contribution in [0.1, 0.15) is 25.3 Å². The molecule has 0 bridgehead atoms. The van der Waals surface area contributed by atoms with Crippen LogP contribution in [0.25, 0.3) is 0 Å². The fourth-order valence-electron chi connectivity index (χ4n) is 3.09. The van der Waals surface area contributed by atoms with Crippen molar-refractivity contribution in [3.63, 3.8) is 0 Å². The van der Waals surface area contributed by atoms with Crippen molar-refractivity contribution in [2.24, 2.45) is 0 Å². The maximum atomic E-state index is 13.4. The third-order valence-corrected chi connectivity index (χ3v) is 4.30. The van der Waals surface area contributed by atoms with Gasteiger partial charge in [-0.05, 0) is 43.5 Å². The molecular weight excluding hydrogens is 301 g/mol. The van der Waals surface area contributed by atoms with Gasteiger partial charge in [-0.2, -0.15) is 0 Å². The van der Waals surface area contributed by atoms with Crippen molar-refractivity contribution < 1.29 is 18.8 Å². The Morgan fingerprint density at radius 2 is 2.13 bits per heavy atom. The van der Waals surface area contributed by atoms with Crippen molar-refractivity contribution in [1.29, 1.82) is 0 Å². The zero-order chi connectivity index (χ0) is 16.6. The van der Waals surface area contributed by atoms with Crippen LogP contribution in [0.2, 0.25) is 0 Å². The van der Waals surface area contributed by atoms with Gasteiger partial charge in [0.25, 0.3) is 0 Å². The molecule has 1 unspecified atom stereocenters. The number of hydrogen-bond acceptors (Lipinski definition) is 3. The van der Waals surface area contributed by atoms with E-state index in [-0.39, 0.29) is 36.6 Å². The lowest BCUT2D eigenvalue weighted by atomic mass is 9.96. The molecule has 6 nitrogen and oxygen atoms in total. The number of amides is 4. The second-order valence-electron chi connectivity index (χ2n) is 5.89. The predicted octanol–water partition coefficient (Wildman–Crippen LogP) is 1.44. The first-order chi connectivity index (χ1) is 11.0. The summed E-state index contributed by atoms with van der Waals surface area (Å²) in [5.41, 5.74) is 1.42. The Morgan fingerprint density at radius 1 is 1.35 bits per heavy atom. The number of fused-ring (bicyclic) bond motifs is 1. The molecule has 0 spiro atoms. The Hall–Kier alpha value is -2.44. The second kappa shape index (κ2) is 5.98. The highest BCUT2D eigenvalue weighted by Gasteiger charge is 2.33. The first-order valence-electron chi connectivity index (χ1n) is 7.66. The van der Waals surface area contributed by atoms with E-state index in [1.54, 1.807) is 11.0 Å². The average molecular weight is 319 g/mol. The Morgan fingerprint density at radius 3 is 2.87 bits per heavy atom. The van der Waals surface area contributed by atoms with Crippen LogP contribution in [-0.4, -0.2) is 41.9 Å². The number of aryl methyl sites for hydroxylation is 1. The molecule has 1 aromatic rings. The van der Waals surface area contributed by atoms with Crippen molar-refractivity contribution >= 4 is 23.5 Å². The van der Waals surface area contributed by atoms with Gasteiger partial charge in [0.15, 0.2) is 0 Å². The van der Waals surface area contributed by atoms with Crippen molar-refractivity contribution in [1.82, 2.24) is 10.2 Å². The summed E-state index contributed by atoms with van der Waals surface area (Å²) in [5.74, 6) is -1.03. The SMILES string of the molecule is CC1CCc2cc(F)ccc2N1C(=O)CN1C(=O)CCNC1=O. The zero-order valence-electron chi connectivity index (χ0n) is 12.8. The molecule has 0 aliphatic carbocycles. The highest BCUT2D eigenvalue weighted by molar-refractivity contribution is 6.04. The summed E-state index contributed by atoms with van der Waals surface area (Å²) >= 11 is 0. The molecule has 2 aliphatic heterocycles. The van der Waals surface area contributed by atoms with E-state index in [9.17, 15) is 18.8 Å². The van der Waals surface area contributed by atoms with Crippen molar-refractivity contribution in [2.75, 3.05) is 18.0 Å². The summed E-state index contributed by atoms with van der Waals surface area (Å²) in [4.78, 5) is 38.8. The Balaban J connectivity index is 1.84. The van der Waals surface area contributed by atoms with Crippen LogP contribution in [0.15, 0.2) is 18.2 Å². The van der Waals surface area contributed by atoms with E-state index in [2.05, 4.69) is 5.32 Å². The predicted molar refractivity (Wildman–Crippen MR) is 81.4 cm³/mol. The number of rotatable bonds is 2. The van der Waals surface area contributed by atoms with Gasteiger partial charge < -0.3 is 10.2 Å². The minimum Gasteiger partial charge on any atom is -0.337 e. The molecule has 3 rings (SSSR count). The van der Waals surface area contributed by atoms with E-state index < -0.39 is 6.03 Å². The van der Waals surface area contributed by atoms with Crippen LogP contribution in [0.5, 0.6) is 0 Å². The van der Waals surface area contributed by atoms with Crippen LogP contribution in [0, 0.1) is 5.82 Å². The number of nitrogens with zero attached hydrogens (tertiary/aromatic N) is 2. The number of halogens is 1. The molecular formula is C16H18FN3O3. The van der Waals surface area contributed by atoms with Crippen molar-refractivity contribution in [2.45, 2.75) is 32.2 Å². The molecule has 23 heavy (non-hydrogen) atoms. The van der Waals surface area contributed by atoms with E-state index in [0.717, 1.165) is 10.5 Å². The largest absolute Gasteiger partial charge is 0.337 e. The van der Waals surface area contributed by atoms with Crippen LogP contribution >= 0.6 is 0 Å².